The molecule has 9 aromatic carbocycles. The predicted octanol–water partition coefficient (Wildman–Crippen LogP) is 12.8. The molecule has 0 N–H and O–H groups in total. The quantitative estimate of drug-likeness (QED) is 0.134. The van der Waals surface area contributed by atoms with E-state index in [1.54, 1.807) is 0 Å². The van der Waals surface area contributed by atoms with E-state index in [1.807, 2.05) is 0 Å². The van der Waals surface area contributed by atoms with Gasteiger partial charge in [0, 0.05) is 23.1 Å². The van der Waals surface area contributed by atoms with Gasteiger partial charge < -0.3 is 0 Å². The standard InChI is InChI=1S/C49H32N2/c1-2-13-34(14-3-1)48-40-18-9-8-17-37(40)31-45-41-19-10-20-43(42(41)25-26-44(45)48)47-28-27-46(38-23-21-32-11-4-6-15-35(32)29-38)50-49(51-47)39-24-22-33-12-5-7-16-36(33)30-39/h1-27,29-31H,28H2. The summed E-state index contributed by atoms with van der Waals surface area (Å²) in [7, 11) is 0. The zero-order valence-corrected chi connectivity index (χ0v) is 27.9. The second-order valence-corrected chi connectivity index (χ2v) is 13.3. The molecular formula is C49H32N2. The maximum atomic E-state index is 5.42. The van der Waals surface area contributed by atoms with E-state index in [1.165, 1.54) is 65.0 Å². The number of aliphatic imine (C=N–C) groups is 2. The third-order valence-electron chi connectivity index (χ3n) is 10.3. The number of rotatable bonds is 4. The smallest absolute Gasteiger partial charge is 0.160 e. The summed E-state index contributed by atoms with van der Waals surface area (Å²) in [6.45, 7) is 0. The topological polar surface area (TPSA) is 24.7 Å². The van der Waals surface area contributed by atoms with E-state index in [0.29, 0.717) is 6.42 Å². The molecule has 0 aromatic heterocycles. The number of benzene rings is 9. The lowest BCUT2D eigenvalue weighted by atomic mass is 9.88. The van der Waals surface area contributed by atoms with Crippen molar-refractivity contribution in [3.63, 3.8) is 0 Å². The zero-order chi connectivity index (χ0) is 33.7. The summed E-state index contributed by atoms with van der Waals surface area (Å²) in [5.41, 5.74) is 7.67. The molecule has 2 heteroatoms. The van der Waals surface area contributed by atoms with E-state index in [9.17, 15) is 0 Å². The average Bonchev–Trinajstić information content (AvgIpc) is 3.43. The van der Waals surface area contributed by atoms with E-state index in [4.69, 9.17) is 9.98 Å². The van der Waals surface area contributed by atoms with Crippen molar-refractivity contribution in [3.8, 4) is 11.1 Å². The molecule has 9 aromatic rings. The van der Waals surface area contributed by atoms with Gasteiger partial charge in [0.2, 0.25) is 0 Å². The molecule has 0 bridgehead atoms. The fraction of sp³-hybridized carbons (Fsp3) is 0.0204. The molecule has 1 aliphatic heterocycles. The zero-order valence-electron chi connectivity index (χ0n) is 27.9. The third kappa shape index (κ3) is 5.12. The Morgan fingerprint density at radius 1 is 0.353 bits per heavy atom. The van der Waals surface area contributed by atoms with Crippen molar-refractivity contribution in [2.24, 2.45) is 9.98 Å². The number of nitrogens with zero attached hydrogens (tertiary/aromatic N) is 2. The van der Waals surface area contributed by atoms with Crippen LogP contribution in [0.25, 0.3) is 70.7 Å². The number of allylic oxidation sites excluding steroid dienone is 1. The van der Waals surface area contributed by atoms with Crippen LogP contribution in [0.5, 0.6) is 0 Å². The molecule has 0 radical (unpaired) electrons. The summed E-state index contributed by atoms with van der Waals surface area (Å²) in [5, 5.41) is 12.2. The van der Waals surface area contributed by atoms with Gasteiger partial charge in [-0.1, -0.05) is 164 Å². The third-order valence-corrected chi connectivity index (χ3v) is 10.3. The molecule has 0 saturated heterocycles. The molecule has 0 aliphatic carbocycles. The highest BCUT2D eigenvalue weighted by Gasteiger charge is 2.18. The van der Waals surface area contributed by atoms with Gasteiger partial charge in [-0.05, 0) is 83.2 Å². The second kappa shape index (κ2) is 12.0. The summed E-state index contributed by atoms with van der Waals surface area (Å²) >= 11 is 0. The van der Waals surface area contributed by atoms with Crippen molar-refractivity contribution in [2.45, 2.75) is 6.42 Å². The molecule has 1 heterocycles. The maximum absolute atomic E-state index is 5.42. The van der Waals surface area contributed by atoms with Gasteiger partial charge in [0.15, 0.2) is 5.84 Å². The van der Waals surface area contributed by atoms with Gasteiger partial charge in [-0.2, -0.15) is 0 Å². The Labute approximate surface area is 296 Å². The molecule has 0 atom stereocenters. The van der Waals surface area contributed by atoms with E-state index >= 15 is 0 Å². The van der Waals surface area contributed by atoms with Gasteiger partial charge in [0.05, 0.1) is 11.4 Å². The molecule has 0 spiro atoms. The Bertz CT molecular complexity index is 2930. The molecule has 0 amide bonds. The van der Waals surface area contributed by atoms with Gasteiger partial charge in [-0.3, -0.25) is 0 Å². The van der Waals surface area contributed by atoms with E-state index in [-0.39, 0.29) is 0 Å². The van der Waals surface area contributed by atoms with Crippen LogP contribution in [0.4, 0.5) is 0 Å². The molecule has 0 fully saturated rings. The van der Waals surface area contributed by atoms with E-state index < -0.39 is 0 Å². The second-order valence-electron chi connectivity index (χ2n) is 13.3. The molecule has 0 saturated carbocycles. The fourth-order valence-electron chi connectivity index (χ4n) is 7.78. The number of fused-ring (bicyclic) bond motifs is 6. The van der Waals surface area contributed by atoms with Crippen LogP contribution >= 0.6 is 0 Å². The average molecular weight is 649 g/mol. The predicted molar refractivity (Wildman–Crippen MR) is 218 cm³/mol. The van der Waals surface area contributed by atoms with Gasteiger partial charge in [0.25, 0.3) is 0 Å². The minimum Gasteiger partial charge on any atom is -0.232 e. The minimum atomic E-state index is 0.660. The summed E-state index contributed by atoms with van der Waals surface area (Å²) < 4.78 is 0. The van der Waals surface area contributed by atoms with Crippen molar-refractivity contribution in [2.75, 3.05) is 0 Å². The van der Waals surface area contributed by atoms with Crippen LogP contribution in [0.1, 0.15) is 23.1 Å². The summed E-state index contributed by atoms with van der Waals surface area (Å²) in [5.74, 6) is 0.725. The highest BCUT2D eigenvalue weighted by atomic mass is 14.9. The Morgan fingerprint density at radius 2 is 0.980 bits per heavy atom. The first-order chi connectivity index (χ1) is 25.3. The van der Waals surface area contributed by atoms with E-state index in [0.717, 1.165) is 33.9 Å². The van der Waals surface area contributed by atoms with Crippen molar-refractivity contribution in [1.29, 1.82) is 0 Å². The van der Waals surface area contributed by atoms with Crippen LogP contribution in [-0.4, -0.2) is 11.5 Å². The van der Waals surface area contributed by atoms with Crippen LogP contribution in [0.2, 0.25) is 0 Å². The SMILES string of the molecule is C1=C(c2ccc3ccccc3c2)N=C(c2ccc3ccccc3c2)N=C(c2cccc3c2ccc2c(-c4ccccc4)c4ccccc4cc23)C1. The molecule has 10 rings (SSSR count). The lowest BCUT2D eigenvalue weighted by Crippen LogP contribution is -2.06. The van der Waals surface area contributed by atoms with E-state index in [2.05, 4.69) is 182 Å². The first kappa shape index (κ1) is 29.3. The van der Waals surface area contributed by atoms with Gasteiger partial charge in [-0.25, -0.2) is 9.98 Å². The van der Waals surface area contributed by atoms with Crippen LogP contribution in [0.3, 0.4) is 0 Å². The van der Waals surface area contributed by atoms with Crippen molar-refractivity contribution < 1.29 is 0 Å². The molecule has 51 heavy (non-hydrogen) atoms. The van der Waals surface area contributed by atoms with Crippen molar-refractivity contribution in [3.05, 3.63) is 199 Å². The van der Waals surface area contributed by atoms with Gasteiger partial charge in [0.1, 0.15) is 0 Å². The van der Waals surface area contributed by atoms with Gasteiger partial charge in [-0.15, -0.1) is 0 Å². The normalized spacial score (nSPS) is 13.4. The maximum Gasteiger partial charge on any atom is 0.160 e. The van der Waals surface area contributed by atoms with Crippen molar-refractivity contribution >= 4 is 71.1 Å². The monoisotopic (exact) mass is 648 g/mol. The Kier molecular flexibility index (Phi) is 6.92. The summed E-state index contributed by atoms with van der Waals surface area (Å²) in [6, 6.07) is 63.2. The highest BCUT2D eigenvalue weighted by molar-refractivity contribution is 6.25. The Morgan fingerprint density at radius 3 is 1.76 bits per heavy atom. The number of amidine groups is 1. The lowest BCUT2D eigenvalue weighted by molar-refractivity contribution is 1.44. The number of hydrogen-bond acceptors (Lipinski definition) is 2. The minimum absolute atomic E-state index is 0.660. The van der Waals surface area contributed by atoms with Crippen molar-refractivity contribution in [1.82, 2.24) is 0 Å². The van der Waals surface area contributed by atoms with Gasteiger partial charge >= 0.3 is 0 Å². The largest absolute Gasteiger partial charge is 0.232 e. The lowest BCUT2D eigenvalue weighted by Gasteiger charge is -2.16. The fourth-order valence-corrected chi connectivity index (χ4v) is 7.78. The summed E-state index contributed by atoms with van der Waals surface area (Å²) in [6.07, 6.45) is 2.91. The molecule has 0 unspecified atom stereocenters. The first-order valence-electron chi connectivity index (χ1n) is 17.5. The Hall–Kier alpha value is -6.64. The molecule has 2 nitrogen and oxygen atoms in total. The van der Waals surface area contributed by atoms with Crippen LogP contribution in [0, 0.1) is 0 Å². The highest BCUT2D eigenvalue weighted by Crippen LogP contribution is 2.40. The molecule has 1 aliphatic rings. The summed E-state index contributed by atoms with van der Waals surface area (Å²) in [4.78, 5) is 10.7. The Balaban J connectivity index is 1.18. The van der Waals surface area contributed by atoms with Crippen LogP contribution < -0.4 is 0 Å². The molecular weight excluding hydrogens is 617 g/mol. The van der Waals surface area contributed by atoms with Crippen LogP contribution in [-0.2, 0) is 0 Å². The number of hydrogen-bond donors (Lipinski definition) is 0. The first-order valence-corrected chi connectivity index (χ1v) is 17.5. The molecule has 238 valence electrons. The van der Waals surface area contributed by atoms with Crippen LogP contribution in [0.15, 0.2) is 192 Å².